The van der Waals surface area contributed by atoms with Gasteiger partial charge in [-0.3, -0.25) is 4.98 Å². The van der Waals surface area contributed by atoms with Gasteiger partial charge in [0.25, 0.3) is 0 Å². The minimum atomic E-state index is -0.198. The molecule has 0 saturated heterocycles. The molecule has 0 spiro atoms. The van der Waals surface area contributed by atoms with Crippen molar-refractivity contribution in [1.29, 1.82) is 0 Å². The van der Waals surface area contributed by atoms with E-state index in [1.54, 1.807) is 25.3 Å². The fraction of sp³-hybridized carbons (Fsp3) is 0.0833. The van der Waals surface area contributed by atoms with Gasteiger partial charge < -0.3 is 0 Å². The molecular formula is C12H10FN. The van der Waals surface area contributed by atoms with E-state index in [-0.39, 0.29) is 5.83 Å². The molecule has 0 atom stereocenters. The number of fused-ring (bicyclic) bond motifs is 1. The minimum Gasteiger partial charge on any atom is -0.256 e. The quantitative estimate of drug-likeness (QED) is 0.665. The summed E-state index contributed by atoms with van der Waals surface area (Å²) in [5.74, 6) is -0.198. The lowest BCUT2D eigenvalue weighted by molar-refractivity contribution is 0.758. The molecule has 0 bridgehead atoms. The number of hydrogen-bond donors (Lipinski definition) is 0. The number of hydrogen-bond acceptors (Lipinski definition) is 1. The zero-order valence-corrected chi connectivity index (χ0v) is 7.87. The summed E-state index contributed by atoms with van der Waals surface area (Å²) in [5, 5.41) is 0.960. The first-order valence-corrected chi connectivity index (χ1v) is 4.48. The van der Waals surface area contributed by atoms with Gasteiger partial charge in [-0.15, -0.1) is 0 Å². The predicted molar refractivity (Wildman–Crippen MR) is 56.5 cm³/mol. The average molecular weight is 187 g/mol. The monoisotopic (exact) mass is 187 g/mol. The minimum absolute atomic E-state index is 0.198. The summed E-state index contributed by atoms with van der Waals surface area (Å²) < 4.78 is 13.2. The zero-order valence-electron chi connectivity index (χ0n) is 7.87. The molecule has 0 aliphatic heterocycles. The molecule has 0 unspecified atom stereocenters. The average Bonchev–Trinajstić information content (AvgIpc) is 2.27. The van der Waals surface area contributed by atoms with E-state index in [1.807, 2.05) is 18.2 Å². The van der Waals surface area contributed by atoms with Crippen LogP contribution >= 0.6 is 0 Å². The Balaban J connectivity index is 2.62. The second kappa shape index (κ2) is 3.58. The molecule has 1 heterocycles. The van der Waals surface area contributed by atoms with Gasteiger partial charge in [-0.1, -0.05) is 12.1 Å². The van der Waals surface area contributed by atoms with Crippen molar-refractivity contribution in [1.82, 2.24) is 4.98 Å². The van der Waals surface area contributed by atoms with Gasteiger partial charge in [0.05, 0.1) is 5.52 Å². The number of pyridine rings is 1. The Labute approximate surface area is 81.9 Å². The van der Waals surface area contributed by atoms with Crippen LogP contribution in [0.5, 0.6) is 0 Å². The van der Waals surface area contributed by atoms with E-state index >= 15 is 0 Å². The fourth-order valence-electron chi connectivity index (χ4n) is 1.39. The molecule has 0 saturated carbocycles. The van der Waals surface area contributed by atoms with Gasteiger partial charge in [0.1, 0.15) is 5.83 Å². The highest BCUT2D eigenvalue weighted by Gasteiger charge is 2.00. The maximum Gasteiger partial charge on any atom is 0.126 e. The second-order valence-corrected chi connectivity index (χ2v) is 3.05. The van der Waals surface area contributed by atoms with Crippen molar-refractivity contribution < 1.29 is 4.39 Å². The van der Waals surface area contributed by atoms with Gasteiger partial charge in [0, 0.05) is 17.1 Å². The Morgan fingerprint density at radius 1 is 1.36 bits per heavy atom. The molecule has 1 aromatic heterocycles. The Hall–Kier alpha value is -1.70. The van der Waals surface area contributed by atoms with Crippen molar-refractivity contribution in [2.75, 3.05) is 0 Å². The highest BCUT2D eigenvalue weighted by atomic mass is 19.1. The van der Waals surface area contributed by atoms with Crippen molar-refractivity contribution in [3.63, 3.8) is 0 Å². The summed E-state index contributed by atoms with van der Waals surface area (Å²) in [7, 11) is 0. The first-order valence-electron chi connectivity index (χ1n) is 4.48. The zero-order chi connectivity index (χ0) is 9.97. The Morgan fingerprint density at radius 2 is 2.21 bits per heavy atom. The van der Waals surface area contributed by atoms with Crippen molar-refractivity contribution in [3.05, 3.63) is 48.2 Å². The molecule has 0 aliphatic carbocycles. The summed E-state index contributed by atoms with van der Waals surface area (Å²) in [6, 6.07) is 9.14. The Morgan fingerprint density at radius 3 is 3.00 bits per heavy atom. The highest BCUT2D eigenvalue weighted by molar-refractivity contribution is 5.82. The largest absolute Gasteiger partial charge is 0.256 e. The molecule has 0 aliphatic rings. The first-order chi connectivity index (χ1) is 6.81. The maximum absolute atomic E-state index is 13.2. The van der Waals surface area contributed by atoms with Crippen LogP contribution in [0.25, 0.3) is 16.7 Å². The molecule has 2 rings (SSSR count). The molecule has 0 amide bonds. The summed E-state index contributed by atoms with van der Waals surface area (Å²) in [4.78, 5) is 4.17. The van der Waals surface area contributed by atoms with E-state index in [0.717, 1.165) is 10.9 Å². The number of nitrogens with zero attached hydrogens (tertiary/aromatic N) is 1. The summed E-state index contributed by atoms with van der Waals surface area (Å²) in [5.41, 5.74) is 1.49. The number of halogens is 1. The van der Waals surface area contributed by atoms with E-state index < -0.39 is 0 Å². The molecule has 2 aromatic rings. The Kier molecular flexibility index (Phi) is 2.27. The third kappa shape index (κ3) is 1.51. The molecule has 0 radical (unpaired) electrons. The lowest BCUT2D eigenvalue weighted by Gasteiger charge is -1.99. The maximum atomic E-state index is 13.2. The van der Waals surface area contributed by atoms with Gasteiger partial charge >= 0.3 is 0 Å². The number of benzene rings is 1. The summed E-state index contributed by atoms with van der Waals surface area (Å²) in [6.07, 6.45) is 3.19. The van der Waals surface area contributed by atoms with E-state index in [9.17, 15) is 4.39 Å². The molecule has 0 fully saturated rings. The van der Waals surface area contributed by atoms with Crippen LogP contribution in [0.1, 0.15) is 12.5 Å². The molecule has 1 nitrogen and oxygen atoms in total. The van der Waals surface area contributed by atoms with Crippen molar-refractivity contribution in [2.24, 2.45) is 0 Å². The van der Waals surface area contributed by atoms with Crippen LogP contribution in [0.3, 0.4) is 0 Å². The Bertz CT molecular complexity index is 488. The van der Waals surface area contributed by atoms with Crippen LogP contribution in [0.15, 0.2) is 42.6 Å². The lowest BCUT2D eigenvalue weighted by Crippen LogP contribution is -1.81. The van der Waals surface area contributed by atoms with Crippen LogP contribution in [0.2, 0.25) is 0 Å². The van der Waals surface area contributed by atoms with Crippen molar-refractivity contribution in [2.45, 2.75) is 6.92 Å². The van der Waals surface area contributed by atoms with Gasteiger partial charge in [-0.05, 0) is 31.2 Å². The van der Waals surface area contributed by atoms with E-state index in [0.29, 0.717) is 5.56 Å². The molecule has 14 heavy (non-hydrogen) atoms. The third-order valence-electron chi connectivity index (χ3n) is 2.13. The number of rotatable bonds is 1. The molecule has 2 heteroatoms. The predicted octanol–water partition coefficient (Wildman–Crippen LogP) is 3.57. The van der Waals surface area contributed by atoms with Gasteiger partial charge in [0.2, 0.25) is 0 Å². The normalized spacial score (nSPS) is 12.0. The topological polar surface area (TPSA) is 12.9 Å². The SMILES string of the molecule is CC=C(F)c1ccc2ncccc2c1. The van der Waals surface area contributed by atoms with Crippen molar-refractivity contribution >= 4 is 16.7 Å². The summed E-state index contributed by atoms with van der Waals surface area (Å²) >= 11 is 0. The van der Waals surface area contributed by atoms with Crippen LogP contribution in [-0.2, 0) is 0 Å². The number of aromatic nitrogens is 1. The first kappa shape index (κ1) is 8.88. The van der Waals surface area contributed by atoms with Gasteiger partial charge in [0.15, 0.2) is 0 Å². The summed E-state index contributed by atoms with van der Waals surface area (Å²) in [6.45, 7) is 1.68. The van der Waals surface area contributed by atoms with Gasteiger partial charge in [-0.2, -0.15) is 0 Å². The highest BCUT2D eigenvalue weighted by Crippen LogP contribution is 2.20. The van der Waals surface area contributed by atoms with E-state index in [4.69, 9.17) is 0 Å². The van der Waals surface area contributed by atoms with E-state index in [1.165, 1.54) is 6.08 Å². The second-order valence-electron chi connectivity index (χ2n) is 3.05. The van der Waals surface area contributed by atoms with Crippen LogP contribution < -0.4 is 0 Å². The third-order valence-corrected chi connectivity index (χ3v) is 2.13. The smallest absolute Gasteiger partial charge is 0.126 e. The van der Waals surface area contributed by atoms with Crippen LogP contribution in [-0.4, -0.2) is 4.98 Å². The van der Waals surface area contributed by atoms with Crippen LogP contribution in [0.4, 0.5) is 4.39 Å². The van der Waals surface area contributed by atoms with Crippen LogP contribution in [0, 0.1) is 0 Å². The standard InChI is InChI=1S/C12H10FN/c1-2-11(13)9-5-6-12-10(8-9)4-3-7-14-12/h2-8H,1H3. The molecule has 1 aromatic carbocycles. The van der Waals surface area contributed by atoms with Crippen molar-refractivity contribution in [3.8, 4) is 0 Å². The van der Waals surface area contributed by atoms with Gasteiger partial charge in [-0.25, -0.2) is 4.39 Å². The molecular weight excluding hydrogens is 177 g/mol. The van der Waals surface area contributed by atoms with E-state index in [2.05, 4.69) is 4.98 Å². The lowest BCUT2D eigenvalue weighted by atomic mass is 10.1. The number of allylic oxidation sites excluding steroid dienone is 1. The molecule has 0 N–H and O–H groups in total. The fourth-order valence-corrected chi connectivity index (χ4v) is 1.39. The molecule has 70 valence electrons.